The predicted octanol–water partition coefficient (Wildman–Crippen LogP) is 2.96. The Morgan fingerprint density at radius 1 is 1.29 bits per heavy atom. The molecule has 0 heterocycles. The summed E-state index contributed by atoms with van der Waals surface area (Å²) in [7, 11) is -3.75. The van der Waals surface area contributed by atoms with Crippen LogP contribution in [0.1, 0.15) is 11.1 Å². The zero-order chi connectivity index (χ0) is 15.6. The molecular formula is C14H14BrFN2O2S. The van der Waals surface area contributed by atoms with Gasteiger partial charge in [0.25, 0.3) is 0 Å². The van der Waals surface area contributed by atoms with Crippen molar-refractivity contribution in [2.24, 2.45) is 0 Å². The van der Waals surface area contributed by atoms with E-state index in [4.69, 9.17) is 5.73 Å². The van der Waals surface area contributed by atoms with Gasteiger partial charge in [-0.1, -0.05) is 28.1 Å². The maximum atomic E-state index is 13.3. The van der Waals surface area contributed by atoms with Gasteiger partial charge in [-0.3, -0.25) is 0 Å². The average molecular weight is 373 g/mol. The van der Waals surface area contributed by atoms with E-state index >= 15 is 0 Å². The summed E-state index contributed by atoms with van der Waals surface area (Å²) in [6.45, 7) is 1.66. The van der Waals surface area contributed by atoms with E-state index in [0.717, 1.165) is 22.2 Å². The summed E-state index contributed by atoms with van der Waals surface area (Å²) in [4.78, 5) is -0.0172. The molecule has 112 valence electrons. The molecule has 0 unspecified atom stereocenters. The van der Waals surface area contributed by atoms with Crippen LogP contribution in [-0.2, 0) is 16.6 Å². The van der Waals surface area contributed by atoms with Gasteiger partial charge in [-0.25, -0.2) is 17.5 Å². The van der Waals surface area contributed by atoms with E-state index in [1.807, 2.05) is 18.2 Å². The van der Waals surface area contributed by atoms with Gasteiger partial charge in [-0.2, -0.15) is 0 Å². The minimum absolute atomic E-state index is 0.0172. The average Bonchev–Trinajstić information content (AvgIpc) is 2.41. The number of benzene rings is 2. The van der Waals surface area contributed by atoms with Gasteiger partial charge in [0.15, 0.2) is 0 Å². The molecule has 0 saturated carbocycles. The summed E-state index contributed by atoms with van der Waals surface area (Å²) in [6.07, 6.45) is 0. The van der Waals surface area contributed by atoms with E-state index in [0.29, 0.717) is 5.56 Å². The van der Waals surface area contributed by atoms with Gasteiger partial charge in [0, 0.05) is 11.0 Å². The summed E-state index contributed by atoms with van der Waals surface area (Å²) in [6, 6.07) is 9.53. The number of nitrogens with one attached hydrogen (secondary N) is 1. The first-order chi connectivity index (χ1) is 9.79. The topological polar surface area (TPSA) is 72.2 Å². The van der Waals surface area contributed by atoms with Crippen LogP contribution in [0.2, 0.25) is 0 Å². The van der Waals surface area contributed by atoms with Crippen molar-refractivity contribution in [3.63, 3.8) is 0 Å². The molecule has 0 aliphatic carbocycles. The molecule has 21 heavy (non-hydrogen) atoms. The van der Waals surface area contributed by atoms with Crippen LogP contribution in [0.5, 0.6) is 0 Å². The number of hydrogen-bond donors (Lipinski definition) is 2. The lowest BCUT2D eigenvalue weighted by atomic mass is 10.2. The zero-order valence-corrected chi connectivity index (χ0v) is 13.6. The third-order valence-corrected chi connectivity index (χ3v) is 4.98. The lowest BCUT2D eigenvalue weighted by Gasteiger charge is -2.11. The number of rotatable bonds is 4. The number of nitrogen functional groups attached to an aromatic ring is 1. The van der Waals surface area contributed by atoms with E-state index in [9.17, 15) is 12.8 Å². The molecule has 0 atom stereocenters. The highest BCUT2D eigenvalue weighted by atomic mass is 79.9. The number of anilines is 1. The molecule has 0 radical (unpaired) electrons. The first kappa shape index (κ1) is 15.9. The summed E-state index contributed by atoms with van der Waals surface area (Å²) >= 11 is 3.32. The van der Waals surface area contributed by atoms with Gasteiger partial charge >= 0.3 is 0 Å². The lowest BCUT2D eigenvalue weighted by Crippen LogP contribution is -2.24. The van der Waals surface area contributed by atoms with Gasteiger partial charge < -0.3 is 5.73 Å². The molecule has 2 rings (SSSR count). The van der Waals surface area contributed by atoms with E-state index in [1.54, 1.807) is 6.07 Å². The normalized spacial score (nSPS) is 11.6. The third-order valence-electron chi connectivity index (χ3n) is 2.94. The van der Waals surface area contributed by atoms with Crippen molar-refractivity contribution in [1.29, 1.82) is 0 Å². The van der Waals surface area contributed by atoms with E-state index in [1.165, 1.54) is 6.92 Å². The summed E-state index contributed by atoms with van der Waals surface area (Å²) in [5.41, 5.74) is 6.36. The molecular weight excluding hydrogens is 359 g/mol. The molecule has 4 nitrogen and oxygen atoms in total. The van der Waals surface area contributed by atoms with Crippen LogP contribution in [0.4, 0.5) is 10.1 Å². The van der Waals surface area contributed by atoms with E-state index in [-0.39, 0.29) is 17.1 Å². The highest BCUT2D eigenvalue weighted by molar-refractivity contribution is 9.10. The maximum absolute atomic E-state index is 13.3. The second-order valence-electron chi connectivity index (χ2n) is 4.59. The highest BCUT2D eigenvalue weighted by Gasteiger charge is 2.18. The SMILES string of the molecule is Cc1cc(F)c(N)cc1S(=O)(=O)NCc1cccc(Br)c1. The number of halogens is 2. The Hall–Kier alpha value is -1.44. The largest absolute Gasteiger partial charge is 0.396 e. The fraction of sp³-hybridized carbons (Fsp3) is 0.143. The minimum atomic E-state index is -3.75. The number of aryl methyl sites for hydroxylation is 1. The Bertz CT molecular complexity index is 779. The molecule has 0 aliphatic rings. The highest BCUT2D eigenvalue weighted by Crippen LogP contribution is 2.21. The van der Waals surface area contributed by atoms with Crippen LogP contribution in [0.15, 0.2) is 45.8 Å². The van der Waals surface area contributed by atoms with Crippen LogP contribution in [0.25, 0.3) is 0 Å². The van der Waals surface area contributed by atoms with Gasteiger partial charge in [0.1, 0.15) is 5.82 Å². The van der Waals surface area contributed by atoms with Crippen LogP contribution in [0.3, 0.4) is 0 Å². The molecule has 0 aliphatic heterocycles. The molecule has 0 fully saturated rings. The summed E-state index contributed by atoms with van der Waals surface area (Å²) < 4.78 is 41.2. The van der Waals surface area contributed by atoms with E-state index in [2.05, 4.69) is 20.7 Å². The van der Waals surface area contributed by atoms with Crippen molar-refractivity contribution in [1.82, 2.24) is 4.72 Å². The summed E-state index contributed by atoms with van der Waals surface area (Å²) in [5, 5.41) is 0. The number of sulfonamides is 1. The molecule has 0 bridgehead atoms. The van der Waals surface area contributed by atoms with Crippen molar-refractivity contribution in [2.75, 3.05) is 5.73 Å². The number of hydrogen-bond acceptors (Lipinski definition) is 3. The Morgan fingerprint density at radius 3 is 2.67 bits per heavy atom. The molecule has 0 amide bonds. The van der Waals surface area contributed by atoms with Crippen molar-refractivity contribution in [3.05, 3.63) is 57.8 Å². The Kier molecular flexibility index (Phi) is 4.65. The smallest absolute Gasteiger partial charge is 0.241 e. The van der Waals surface area contributed by atoms with Crippen molar-refractivity contribution in [3.8, 4) is 0 Å². The quantitative estimate of drug-likeness (QED) is 0.810. The number of nitrogens with two attached hydrogens (primary N) is 1. The van der Waals surface area contributed by atoms with Gasteiger partial charge in [0.05, 0.1) is 10.6 Å². The second kappa shape index (κ2) is 6.13. The van der Waals surface area contributed by atoms with Crippen molar-refractivity contribution < 1.29 is 12.8 Å². The van der Waals surface area contributed by atoms with Gasteiger partial charge in [-0.05, 0) is 42.3 Å². The minimum Gasteiger partial charge on any atom is -0.396 e. The predicted molar refractivity (Wildman–Crippen MR) is 83.7 cm³/mol. The first-order valence-electron chi connectivity index (χ1n) is 6.09. The molecule has 7 heteroatoms. The van der Waals surface area contributed by atoms with Crippen LogP contribution >= 0.6 is 15.9 Å². The molecule has 0 aromatic heterocycles. The Labute approximate surface area is 131 Å². The first-order valence-corrected chi connectivity index (χ1v) is 8.37. The standard InChI is InChI=1S/C14H14BrFN2O2S/c1-9-5-12(16)13(17)7-14(9)21(19,20)18-8-10-3-2-4-11(15)6-10/h2-7,18H,8,17H2,1H3. The van der Waals surface area contributed by atoms with Crippen LogP contribution < -0.4 is 10.5 Å². The fourth-order valence-electron chi connectivity index (χ4n) is 1.86. The second-order valence-corrected chi connectivity index (χ2v) is 7.24. The lowest BCUT2D eigenvalue weighted by molar-refractivity contribution is 0.579. The summed E-state index contributed by atoms with van der Waals surface area (Å²) in [5.74, 6) is -0.626. The fourth-order valence-corrected chi connectivity index (χ4v) is 3.58. The monoisotopic (exact) mass is 372 g/mol. The molecule has 2 aromatic rings. The molecule has 0 saturated heterocycles. The van der Waals surface area contributed by atoms with Crippen molar-refractivity contribution in [2.45, 2.75) is 18.4 Å². The molecule has 0 spiro atoms. The molecule has 3 N–H and O–H groups in total. The van der Waals surface area contributed by atoms with Gasteiger partial charge in [0.2, 0.25) is 10.0 Å². The Balaban J connectivity index is 2.25. The maximum Gasteiger partial charge on any atom is 0.241 e. The molecule has 2 aromatic carbocycles. The zero-order valence-electron chi connectivity index (χ0n) is 11.2. The van der Waals surface area contributed by atoms with E-state index < -0.39 is 15.8 Å². The van der Waals surface area contributed by atoms with Gasteiger partial charge in [-0.15, -0.1) is 0 Å². The third kappa shape index (κ3) is 3.81. The van der Waals surface area contributed by atoms with Crippen LogP contribution in [-0.4, -0.2) is 8.42 Å². The Morgan fingerprint density at radius 2 is 2.00 bits per heavy atom. The van der Waals surface area contributed by atoms with Crippen molar-refractivity contribution >= 4 is 31.6 Å². The van der Waals surface area contributed by atoms with Crippen LogP contribution in [0, 0.1) is 12.7 Å².